The molecule has 2 aromatic heterocycles. The summed E-state index contributed by atoms with van der Waals surface area (Å²) in [6, 6.07) is 12.2. The molecule has 2 heterocycles. The number of hydrogen-bond acceptors (Lipinski definition) is 5. The van der Waals surface area contributed by atoms with E-state index in [1.54, 1.807) is 12.4 Å². The predicted molar refractivity (Wildman–Crippen MR) is 104 cm³/mol. The van der Waals surface area contributed by atoms with Gasteiger partial charge in [0.25, 0.3) is 0 Å². The molecule has 3 aromatic rings. The van der Waals surface area contributed by atoms with Crippen molar-refractivity contribution in [3.8, 4) is 11.4 Å². The lowest BCUT2D eigenvalue weighted by Gasteiger charge is -2.25. The van der Waals surface area contributed by atoms with Gasteiger partial charge in [-0.3, -0.25) is 4.98 Å². The summed E-state index contributed by atoms with van der Waals surface area (Å²) in [7, 11) is 0. The van der Waals surface area contributed by atoms with Gasteiger partial charge in [0.05, 0.1) is 5.52 Å². The van der Waals surface area contributed by atoms with E-state index in [1.165, 1.54) is 19.3 Å². The number of hydrogen-bond donors (Lipinski definition) is 2. The Morgan fingerprint density at radius 2 is 1.88 bits per heavy atom. The van der Waals surface area contributed by atoms with E-state index in [1.807, 2.05) is 30.3 Å². The van der Waals surface area contributed by atoms with Crippen LogP contribution < -0.4 is 5.32 Å². The van der Waals surface area contributed by atoms with Crippen molar-refractivity contribution in [2.45, 2.75) is 38.1 Å². The molecular weight excluding hydrogens is 324 g/mol. The van der Waals surface area contributed by atoms with Gasteiger partial charge in [-0.15, -0.1) is 0 Å². The molecule has 4 rings (SSSR count). The maximum atomic E-state index is 9.83. The third-order valence-corrected chi connectivity index (χ3v) is 5.24. The van der Waals surface area contributed by atoms with Crippen LogP contribution in [0.3, 0.4) is 0 Å². The number of aromatic nitrogens is 3. The fraction of sp³-hybridized carbons (Fsp3) is 0.381. The first-order chi connectivity index (χ1) is 12.8. The number of fused-ring (bicyclic) bond motifs is 1. The van der Waals surface area contributed by atoms with E-state index in [0.29, 0.717) is 5.82 Å². The minimum atomic E-state index is 0.218. The number of para-hydroxylation sites is 1. The zero-order valence-corrected chi connectivity index (χ0v) is 14.8. The fourth-order valence-corrected chi connectivity index (χ4v) is 3.78. The summed E-state index contributed by atoms with van der Waals surface area (Å²) in [6.45, 7) is 0.218. The number of benzene rings is 1. The number of anilines is 1. The first kappa shape index (κ1) is 16.9. The largest absolute Gasteiger partial charge is 0.396 e. The van der Waals surface area contributed by atoms with Gasteiger partial charge in [-0.05, 0) is 37.1 Å². The van der Waals surface area contributed by atoms with Gasteiger partial charge in [-0.1, -0.05) is 31.4 Å². The number of rotatable bonds is 4. The van der Waals surface area contributed by atoms with Crippen LogP contribution in [0.15, 0.2) is 48.8 Å². The third-order valence-electron chi connectivity index (χ3n) is 5.24. The number of aliphatic hydroxyl groups is 1. The molecule has 1 aliphatic carbocycles. The summed E-state index contributed by atoms with van der Waals surface area (Å²) in [6.07, 6.45) is 9.28. The molecule has 1 saturated carbocycles. The molecule has 1 fully saturated rings. The van der Waals surface area contributed by atoms with Gasteiger partial charge in [0.1, 0.15) is 5.82 Å². The third kappa shape index (κ3) is 3.53. The molecule has 0 amide bonds. The maximum Gasteiger partial charge on any atom is 0.163 e. The monoisotopic (exact) mass is 348 g/mol. The summed E-state index contributed by atoms with van der Waals surface area (Å²) < 4.78 is 0. The van der Waals surface area contributed by atoms with Crippen LogP contribution >= 0.6 is 0 Å². The van der Waals surface area contributed by atoms with Gasteiger partial charge >= 0.3 is 0 Å². The molecule has 134 valence electrons. The molecule has 2 N–H and O–H groups in total. The molecule has 1 aliphatic rings. The molecule has 0 radical (unpaired) electrons. The number of nitrogens with zero attached hydrogens (tertiary/aromatic N) is 3. The second-order valence-corrected chi connectivity index (χ2v) is 6.99. The molecule has 26 heavy (non-hydrogen) atoms. The predicted octanol–water partition coefficient (Wildman–Crippen LogP) is 4.04. The lowest BCUT2D eigenvalue weighted by molar-refractivity contribution is 0.203. The van der Waals surface area contributed by atoms with E-state index >= 15 is 0 Å². The second-order valence-electron chi connectivity index (χ2n) is 6.99. The first-order valence-corrected chi connectivity index (χ1v) is 9.40. The van der Waals surface area contributed by atoms with Crippen molar-refractivity contribution in [2.75, 3.05) is 11.9 Å². The summed E-state index contributed by atoms with van der Waals surface area (Å²) in [5, 5.41) is 14.5. The Kier molecular flexibility index (Phi) is 5.07. The first-order valence-electron chi connectivity index (χ1n) is 9.40. The topological polar surface area (TPSA) is 70.9 Å². The van der Waals surface area contributed by atoms with Gasteiger partial charge in [-0.25, -0.2) is 9.97 Å². The van der Waals surface area contributed by atoms with Crippen molar-refractivity contribution < 1.29 is 5.11 Å². The van der Waals surface area contributed by atoms with Crippen LogP contribution in [0.25, 0.3) is 22.3 Å². The molecule has 5 nitrogen and oxygen atoms in total. The fourth-order valence-electron chi connectivity index (χ4n) is 3.78. The molecule has 1 aromatic carbocycles. The average Bonchev–Trinajstić information content (AvgIpc) is 2.93. The van der Waals surface area contributed by atoms with Crippen molar-refractivity contribution in [2.24, 2.45) is 5.92 Å². The minimum Gasteiger partial charge on any atom is -0.396 e. The SMILES string of the molecule is OC[C@H]1CCCCC[C@@H]1Nc1nc(-c2cccnc2)nc2ccccc12. The molecule has 2 atom stereocenters. The van der Waals surface area contributed by atoms with E-state index in [2.05, 4.69) is 16.4 Å². The van der Waals surface area contributed by atoms with Crippen molar-refractivity contribution in [3.05, 3.63) is 48.8 Å². The highest BCUT2D eigenvalue weighted by atomic mass is 16.3. The standard InChI is InChI=1S/C21H24N4O/c26-14-16-7-2-1-3-10-18(16)23-21-17-9-4-5-11-19(17)24-20(25-21)15-8-6-12-22-13-15/h4-6,8-9,11-13,16,18,26H,1-3,7,10,14H2,(H,23,24,25)/t16-,18+/m1/s1. The zero-order valence-electron chi connectivity index (χ0n) is 14.8. The van der Waals surface area contributed by atoms with E-state index in [0.717, 1.165) is 35.1 Å². The highest BCUT2D eigenvalue weighted by molar-refractivity contribution is 5.90. The summed E-state index contributed by atoms with van der Waals surface area (Å²) >= 11 is 0. The lowest BCUT2D eigenvalue weighted by Crippen LogP contribution is -2.31. The van der Waals surface area contributed by atoms with Crippen molar-refractivity contribution in [3.63, 3.8) is 0 Å². The van der Waals surface area contributed by atoms with Gasteiger partial charge in [0, 0.05) is 41.9 Å². The van der Waals surface area contributed by atoms with Crippen molar-refractivity contribution in [1.82, 2.24) is 15.0 Å². The molecule has 0 aliphatic heterocycles. The smallest absolute Gasteiger partial charge is 0.163 e. The minimum absolute atomic E-state index is 0.218. The molecule has 0 saturated heterocycles. The molecule has 5 heteroatoms. The zero-order chi connectivity index (χ0) is 17.8. The Morgan fingerprint density at radius 1 is 1.00 bits per heavy atom. The highest BCUT2D eigenvalue weighted by Crippen LogP contribution is 2.29. The van der Waals surface area contributed by atoms with Crippen LogP contribution in [0, 0.1) is 5.92 Å². The van der Waals surface area contributed by atoms with E-state index in [9.17, 15) is 5.11 Å². The summed E-state index contributed by atoms with van der Waals surface area (Å²) in [5.74, 6) is 1.79. The Bertz CT molecular complexity index is 868. The Balaban J connectivity index is 1.75. The Hall–Kier alpha value is -2.53. The van der Waals surface area contributed by atoms with Crippen molar-refractivity contribution in [1.29, 1.82) is 0 Å². The van der Waals surface area contributed by atoms with Crippen LogP contribution in [0.2, 0.25) is 0 Å². The molecule has 0 bridgehead atoms. The van der Waals surface area contributed by atoms with Gasteiger partial charge in [0.2, 0.25) is 0 Å². The lowest BCUT2D eigenvalue weighted by atomic mass is 9.95. The highest BCUT2D eigenvalue weighted by Gasteiger charge is 2.24. The van der Waals surface area contributed by atoms with Gasteiger partial charge < -0.3 is 10.4 Å². The van der Waals surface area contributed by atoms with Crippen LogP contribution in [0.1, 0.15) is 32.1 Å². The van der Waals surface area contributed by atoms with Crippen LogP contribution in [0.5, 0.6) is 0 Å². The molecule has 0 spiro atoms. The molecular formula is C21H24N4O. The number of aliphatic hydroxyl groups excluding tert-OH is 1. The van der Waals surface area contributed by atoms with Crippen LogP contribution in [-0.2, 0) is 0 Å². The normalized spacial score (nSPS) is 20.7. The Morgan fingerprint density at radius 3 is 2.73 bits per heavy atom. The van der Waals surface area contributed by atoms with Crippen molar-refractivity contribution >= 4 is 16.7 Å². The van der Waals surface area contributed by atoms with E-state index in [-0.39, 0.29) is 18.6 Å². The van der Waals surface area contributed by atoms with Crippen LogP contribution in [0.4, 0.5) is 5.82 Å². The average molecular weight is 348 g/mol. The summed E-state index contributed by atoms with van der Waals surface area (Å²) in [4.78, 5) is 13.7. The number of nitrogens with one attached hydrogen (secondary N) is 1. The quantitative estimate of drug-likeness (QED) is 0.696. The Labute approximate surface area is 153 Å². The van der Waals surface area contributed by atoms with E-state index < -0.39 is 0 Å². The van der Waals surface area contributed by atoms with Crippen LogP contribution in [-0.4, -0.2) is 32.7 Å². The number of pyridine rings is 1. The second kappa shape index (κ2) is 7.79. The van der Waals surface area contributed by atoms with Gasteiger partial charge in [0.15, 0.2) is 5.82 Å². The van der Waals surface area contributed by atoms with E-state index in [4.69, 9.17) is 9.97 Å². The summed E-state index contributed by atoms with van der Waals surface area (Å²) in [5.41, 5.74) is 1.82. The molecule has 0 unspecified atom stereocenters. The maximum absolute atomic E-state index is 9.83. The van der Waals surface area contributed by atoms with Gasteiger partial charge in [-0.2, -0.15) is 0 Å².